The van der Waals surface area contributed by atoms with E-state index in [9.17, 15) is 38.9 Å². The van der Waals surface area contributed by atoms with Crippen LogP contribution < -0.4 is 5.32 Å². The normalized spacial score (nSPS) is 26.6. The fourth-order valence-corrected chi connectivity index (χ4v) is 11.7. The van der Waals surface area contributed by atoms with E-state index >= 15 is 0 Å². The molecule has 19 heteroatoms. The number of hydrogen-bond acceptors (Lipinski definition) is 15. The second-order valence-corrected chi connectivity index (χ2v) is 23.2. The Morgan fingerprint density at radius 1 is 0.707 bits per heavy atom. The molecule has 3 aromatic rings. The first kappa shape index (κ1) is 58.6. The van der Waals surface area contributed by atoms with Gasteiger partial charge in [-0.3, -0.25) is 29.8 Å². The zero-order chi connectivity index (χ0) is 54.5. The molecule has 0 bridgehead atoms. The maximum absolute atomic E-state index is 12.9. The lowest BCUT2D eigenvalue weighted by Gasteiger charge is -2.38. The highest BCUT2D eigenvalue weighted by Gasteiger charge is 2.41. The van der Waals surface area contributed by atoms with Crippen LogP contribution in [0.15, 0.2) is 52.5 Å². The molecule has 4 heterocycles. The summed E-state index contributed by atoms with van der Waals surface area (Å²) in [7, 11) is 0. The molecule has 2 saturated heterocycles. The van der Waals surface area contributed by atoms with Gasteiger partial charge in [0, 0.05) is 36.1 Å². The maximum atomic E-state index is 12.9. The van der Waals surface area contributed by atoms with Crippen LogP contribution in [-0.2, 0) is 47.7 Å². The van der Waals surface area contributed by atoms with Gasteiger partial charge in [0.15, 0.2) is 11.4 Å². The Kier molecular flexibility index (Phi) is 21.4. The van der Waals surface area contributed by atoms with Gasteiger partial charge >= 0.3 is 41.5 Å². The molecule has 0 spiro atoms. The average Bonchev–Trinajstić information content (AvgIpc) is 4.05. The summed E-state index contributed by atoms with van der Waals surface area (Å²) in [5.74, 6) is -1.10. The van der Waals surface area contributed by atoms with Gasteiger partial charge in [-0.2, -0.15) is 0 Å². The summed E-state index contributed by atoms with van der Waals surface area (Å²) in [4.78, 5) is 91.3. The van der Waals surface area contributed by atoms with Crippen LogP contribution in [-0.4, -0.2) is 99.9 Å². The molecule has 3 amide bonds. The molecule has 10 unspecified atom stereocenters. The number of amides is 3. The smallest absolute Gasteiger partial charge is 0.433 e. The summed E-state index contributed by atoms with van der Waals surface area (Å²) in [6.07, 6.45) is 10.2. The molecule has 3 aliphatic carbocycles. The highest BCUT2D eigenvalue weighted by molar-refractivity contribution is 7.14. The Bertz CT molecular complexity index is 2400. The minimum Gasteiger partial charge on any atom is -0.455 e. The fraction of sp³-hybridized carbons (Fsp3) is 0.661. The number of furan rings is 1. The Morgan fingerprint density at radius 3 is 1.68 bits per heavy atom. The van der Waals surface area contributed by atoms with Crippen LogP contribution in [0, 0.1) is 63.4 Å². The number of carbonyl (C=O) groups excluding carboxylic acids is 6. The Balaban J connectivity index is 0.000000187. The van der Waals surface area contributed by atoms with E-state index < -0.39 is 52.7 Å². The third kappa shape index (κ3) is 16.2. The number of anilines is 1. The number of likely N-dealkylation sites (tertiary alicyclic amines) is 1. The van der Waals surface area contributed by atoms with Gasteiger partial charge in [-0.05, 0) is 105 Å². The number of thiazole rings is 1. The number of nitro groups is 1. The Labute approximate surface area is 445 Å². The average molecular weight is 1060 g/mol. The largest absolute Gasteiger partial charge is 0.455 e. The Hall–Kier alpha value is -5.69. The van der Waals surface area contributed by atoms with E-state index in [0.717, 1.165) is 69.0 Å². The quantitative estimate of drug-likeness (QED) is 0.0655. The van der Waals surface area contributed by atoms with E-state index in [1.807, 2.05) is 35.7 Å². The highest BCUT2D eigenvalue weighted by Crippen LogP contribution is 2.39. The molecule has 412 valence electrons. The molecular weight excluding hydrogens is 983 g/mol. The molecule has 10 atom stereocenters. The first-order valence-corrected chi connectivity index (χ1v) is 28.0. The van der Waals surface area contributed by atoms with Crippen molar-refractivity contribution in [3.63, 3.8) is 0 Å². The number of benzene rings is 1. The first-order chi connectivity index (χ1) is 35.7. The number of esters is 3. The molecule has 1 N–H and O–H groups in total. The number of ether oxygens (including phenoxy) is 4. The SMILES string of the molecule is CC1CCC(C(C)C)C(OC(=O)C(=O)N2CCC2)C1.CC1CCC(C(C)C)C(OC(=O)C(=O)N2CCCOC2c2coc([N+](=O)[O-])c2)C1.CC1CCC(C(C)C)C(OC(=O)C(=O)Nc2nc(-c3ccccc3)cs2)C1. The molecule has 3 saturated carbocycles. The minimum absolute atomic E-state index is 0.0820. The van der Waals surface area contributed by atoms with Gasteiger partial charge in [-0.15, -0.1) is 11.3 Å². The number of nitrogens with one attached hydrogen (secondary N) is 1. The molecule has 0 radical (unpaired) electrons. The molecular formula is C56H79N5O13S. The fourth-order valence-electron chi connectivity index (χ4n) is 11.0. The van der Waals surface area contributed by atoms with Crippen molar-refractivity contribution in [2.75, 3.05) is 31.6 Å². The molecule has 1 aromatic carbocycles. The second kappa shape index (κ2) is 27.4. The maximum Gasteiger partial charge on any atom is 0.433 e. The lowest BCUT2D eigenvalue weighted by Crippen LogP contribution is -2.48. The predicted octanol–water partition coefficient (Wildman–Crippen LogP) is 10.4. The van der Waals surface area contributed by atoms with Gasteiger partial charge in [0.2, 0.25) is 0 Å². The van der Waals surface area contributed by atoms with E-state index in [1.165, 1.54) is 35.0 Å². The summed E-state index contributed by atoms with van der Waals surface area (Å²) >= 11 is 1.29. The monoisotopic (exact) mass is 1060 g/mol. The molecule has 2 aromatic heterocycles. The van der Waals surface area contributed by atoms with Gasteiger partial charge in [-0.25, -0.2) is 19.4 Å². The van der Waals surface area contributed by atoms with Gasteiger partial charge in [0.25, 0.3) is 0 Å². The third-order valence-electron chi connectivity index (χ3n) is 15.6. The standard InChI is InChI=1S/C21H26N2O3S.C20H28N2O7.C15H25NO3/c1-13(2)16-10-9-14(3)11-18(16)26-20(25)19(24)23-21-22-17(12-27-21)15-7-5-4-6-8-15;1-12(2)15-6-5-13(3)9-16(15)29-20(24)18(23)21-7-4-8-27-19(21)14-10-17(22(25)26)28-11-14;1-10(2)12-6-5-11(3)9-13(12)19-15(18)14(17)16-7-4-8-16/h4-8,12-14,16,18H,9-11H2,1-3H3,(H,22,23,24);10-13,15-16,19H,4-9H2,1-3H3;10-13H,4-9H2,1-3H3. The van der Waals surface area contributed by atoms with E-state index in [-0.39, 0.29) is 24.2 Å². The lowest BCUT2D eigenvalue weighted by atomic mass is 9.75. The number of carbonyl (C=O) groups is 6. The second-order valence-electron chi connectivity index (χ2n) is 22.4. The minimum atomic E-state index is -0.910. The van der Waals surface area contributed by atoms with Crippen LogP contribution in [0.3, 0.4) is 0 Å². The zero-order valence-corrected chi connectivity index (χ0v) is 46.1. The molecule has 8 rings (SSSR count). The number of aromatic nitrogens is 1. The van der Waals surface area contributed by atoms with Crippen LogP contribution in [0.5, 0.6) is 0 Å². The van der Waals surface area contributed by atoms with E-state index in [1.54, 1.807) is 4.90 Å². The van der Waals surface area contributed by atoms with Gasteiger partial charge in [0.05, 0.1) is 18.4 Å². The van der Waals surface area contributed by atoms with Crippen LogP contribution >= 0.6 is 11.3 Å². The molecule has 2 aliphatic heterocycles. The van der Waals surface area contributed by atoms with Crippen molar-refractivity contribution < 1.29 is 57.1 Å². The van der Waals surface area contributed by atoms with Gasteiger partial charge < -0.3 is 33.2 Å². The van der Waals surface area contributed by atoms with E-state index in [2.05, 4.69) is 72.6 Å². The van der Waals surface area contributed by atoms with Crippen molar-refractivity contribution in [2.45, 2.75) is 157 Å². The molecule has 5 fully saturated rings. The Morgan fingerprint density at radius 2 is 1.21 bits per heavy atom. The van der Waals surface area contributed by atoms with E-state index in [0.29, 0.717) is 90.7 Å². The predicted molar refractivity (Wildman–Crippen MR) is 281 cm³/mol. The van der Waals surface area contributed by atoms with Crippen LogP contribution in [0.4, 0.5) is 11.0 Å². The third-order valence-corrected chi connectivity index (χ3v) is 16.3. The van der Waals surface area contributed by atoms with Crippen LogP contribution in [0.1, 0.15) is 145 Å². The summed E-state index contributed by atoms with van der Waals surface area (Å²) in [6.45, 7) is 21.4. The topological polar surface area (TPSA) is 227 Å². The molecule has 75 heavy (non-hydrogen) atoms. The van der Waals surface area contributed by atoms with Crippen molar-refractivity contribution in [1.29, 1.82) is 0 Å². The van der Waals surface area contributed by atoms with Gasteiger partial charge in [-0.1, -0.05) is 112 Å². The lowest BCUT2D eigenvalue weighted by molar-refractivity contribution is -0.402. The highest BCUT2D eigenvalue weighted by atomic mass is 32.1. The molecule has 5 aliphatic rings. The van der Waals surface area contributed by atoms with Crippen molar-refractivity contribution in [2.24, 2.45) is 53.3 Å². The number of nitrogens with zero attached hydrogens (tertiary/aromatic N) is 4. The van der Waals surface area contributed by atoms with Gasteiger partial charge in [0.1, 0.15) is 29.5 Å². The van der Waals surface area contributed by atoms with Crippen molar-refractivity contribution in [3.8, 4) is 11.3 Å². The van der Waals surface area contributed by atoms with E-state index in [4.69, 9.17) is 23.4 Å². The summed E-state index contributed by atoms with van der Waals surface area (Å²) in [5.41, 5.74) is 2.06. The summed E-state index contributed by atoms with van der Waals surface area (Å²) in [6, 6.07) is 10.9. The van der Waals surface area contributed by atoms with Crippen molar-refractivity contribution in [1.82, 2.24) is 14.8 Å². The number of rotatable bonds is 10. The first-order valence-electron chi connectivity index (χ1n) is 27.1. The molecule has 18 nitrogen and oxygen atoms in total. The van der Waals surface area contributed by atoms with Crippen molar-refractivity contribution >= 4 is 58.0 Å². The van der Waals surface area contributed by atoms with Crippen LogP contribution in [0.25, 0.3) is 11.3 Å². The number of hydrogen-bond donors (Lipinski definition) is 1. The summed E-state index contributed by atoms with van der Waals surface area (Å²) in [5, 5.41) is 15.7. The van der Waals surface area contributed by atoms with Crippen molar-refractivity contribution in [3.05, 3.63) is 63.7 Å². The van der Waals surface area contributed by atoms with Crippen LogP contribution in [0.2, 0.25) is 0 Å². The zero-order valence-electron chi connectivity index (χ0n) is 45.2. The summed E-state index contributed by atoms with van der Waals surface area (Å²) < 4.78 is 27.3.